The first-order valence-electron chi connectivity index (χ1n) is 3.60. The zero-order chi connectivity index (χ0) is 8.69. The number of unbranched alkanes of at least 4 members (excludes halogenated alkanes) is 1. The van der Waals surface area contributed by atoms with Crippen molar-refractivity contribution in [1.29, 1.82) is 0 Å². The van der Waals surface area contributed by atoms with E-state index in [4.69, 9.17) is 27.9 Å². The number of alkyl halides is 2. The van der Waals surface area contributed by atoms with Gasteiger partial charge in [0.2, 0.25) is 0 Å². The third kappa shape index (κ3) is 7.95. The number of rotatable bonds is 5. The average Bonchev–Trinajstić information content (AvgIpc) is 1.86. The van der Waals surface area contributed by atoms with Gasteiger partial charge in [0.25, 0.3) is 0 Å². The average molecular weight is 199 g/mol. The number of hydrogen-bond acceptors (Lipinski definition) is 2. The number of halogens is 2. The van der Waals surface area contributed by atoms with Crippen LogP contribution >= 0.6 is 23.2 Å². The molecule has 0 saturated carbocycles. The Bertz CT molecular complexity index is 115. The molecule has 0 fully saturated rings. The van der Waals surface area contributed by atoms with Gasteiger partial charge in [0.1, 0.15) is 4.84 Å². The van der Waals surface area contributed by atoms with Crippen LogP contribution in [-0.4, -0.2) is 17.4 Å². The second kappa shape index (κ2) is 6.74. The second-order valence-electron chi connectivity index (χ2n) is 2.17. The predicted octanol–water partition coefficient (Wildman–Crippen LogP) is 2.52. The minimum atomic E-state index is -0.649. The fourth-order valence-electron chi connectivity index (χ4n) is 0.515. The smallest absolute Gasteiger partial charge is 0.308 e. The van der Waals surface area contributed by atoms with Crippen LogP contribution in [0.15, 0.2) is 0 Å². The molecule has 0 rings (SSSR count). The Balaban J connectivity index is 3.23. The van der Waals surface area contributed by atoms with Gasteiger partial charge in [-0.25, -0.2) is 0 Å². The van der Waals surface area contributed by atoms with Crippen molar-refractivity contribution in [2.24, 2.45) is 0 Å². The molecular weight excluding hydrogens is 187 g/mol. The molecule has 0 spiro atoms. The predicted molar refractivity (Wildman–Crippen MR) is 46.0 cm³/mol. The van der Waals surface area contributed by atoms with E-state index < -0.39 is 4.84 Å². The number of ether oxygens (including phenoxy) is 1. The van der Waals surface area contributed by atoms with Gasteiger partial charge in [-0.15, -0.1) is 23.2 Å². The van der Waals surface area contributed by atoms with E-state index in [1.165, 1.54) is 0 Å². The first-order valence-corrected chi connectivity index (χ1v) is 4.48. The van der Waals surface area contributed by atoms with E-state index >= 15 is 0 Å². The highest BCUT2D eigenvalue weighted by molar-refractivity contribution is 6.45. The lowest BCUT2D eigenvalue weighted by atomic mass is 10.4. The first-order chi connectivity index (χ1) is 5.16. The summed E-state index contributed by atoms with van der Waals surface area (Å²) in [5.41, 5.74) is 0. The Labute approximate surface area is 76.8 Å². The summed E-state index contributed by atoms with van der Waals surface area (Å²) in [6, 6.07) is 0. The van der Waals surface area contributed by atoms with Gasteiger partial charge in [0.15, 0.2) is 0 Å². The van der Waals surface area contributed by atoms with Crippen LogP contribution in [0.3, 0.4) is 0 Å². The first kappa shape index (κ1) is 11.1. The van der Waals surface area contributed by atoms with Crippen LogP contribution in [0.2, 0.25) is 0 Å². The monoisotopic (exact) mass is 198 g/mol. The van der Waals surface area contributed by atoms with Gasteiger partial charge < -0.3 is 4.74 Å². The number of esters is 1. The summed E-state index contributed by atoms with van der Waals surface area (Å²) in [7, 11) is 0. The van der Waals surface area contributed by atoms with Crippen molar-refractivity contribution in [2.75, 3.05) is 6.61 Å². The quantitative estimate of drug-likeness (QED) is 0.386. The summed E-state index contributed by atoms with van der Waals surface area (Å²) < 4.78 is 4.79. The molecule has 0 heterocycles. The summed E-state index contributed by atoms with van der Waals surface area (Å²) >= 11 is 10.7. The molecule has 0 aliphatic rings. The highest BCUT2D eigenvalue weighted by Gasteiger charge is 2.07. The lowest BCUT2D eigenvalue weighted by Gasteiger charge is -2.02. The molecule has 11 heavy (non-hydrogen) atoms. The van der Waals surface area contributed by atoms with Gasteiger partial charge in [-0.2, -0.15) is 0 Å². The van der Waals surface area contributed by atoms with Crippen molar-refractivity contribution in [2.45, 2.75) is 31.0 Å². The summed E-state index contributed by atoms with van der Waals surface area (Å²) in [5, 5.41) is 0. The van der Waals surface area contributed by atoms with Crippen molar-refractivity contribution in [1.82, 2.24) is 0 Å². The molecule has 2 nitrogen and oxygen atoms in total. The third-order valence-corrected chi connectivity index (χ3v) is 1.39. The molecule has 0 aromatic heterocycles. The van der Waals surface area contributed by atoms with Gasteiger partial charge in [-0.1, -0.05) is 13.3 Å². The largest absolute Gasteiger partial charge is 0.466 e. The molecule has 0 aromatic rings. The Morgan fingerprint density at radius 2 is 2.18 bits per heavy atom. The number of hydrogen-bond donors (Lipinski definition) is 0. The van der Waals surface area contributed by atoms with E-state index in [9.17, 15) is 4.79 Å². The van der Waals surface area contributed by atoms with E-state index in [2.05, 4.69) is 0 Å². The van der Waals surface area contributed by atoms with Crippen LogP contribution in [0.1, 0.15) is 26.2 Å². The van der Waals surface area contributed by atoms with E-state index in [-0.39, 0.29) is 12.4 Å². The van der Waals surface area contributed by atoms with Crippen molar-refractivity contribution in [3.8, 4) is 0 Å². The normalized spacial score (nSPS) is 10.2. The van der Waals surface area contributed by atoms with Crippen LogP contribution in [0.25, 0.3) is 0 Å². The van der Waals surface area contributed by atoms with Crippen molar-refractivity contribution < 1.29 is 9.53 Å². The zero-order valence-electron chi connectivity index (χ0n) is 6.48. The maximum Gasteiger partial charge on any atom is 0.308 e. The van der Waals surface area contributed by atoms with Crippen molar-refractivity contribution in [3.63, 3.8) is 0 Å². The maximum atomic E-state index is 10.7. The van der Waals surface area contributed by atoms with Crippen LogP contribution in [0.5, 0.6) is 0 Å². The number of carbonyl (C=O) groups is 1. The van der Waals surface area contributed by atoms with E-state index in [1.807, 2.05) is 6.92 Å². The molecule has 0 N–H and O–H groups in total. The van der Waals surface area contributed by atoms with Crippen LogP contribution in [0, 0.1) is 0 Å². The second-order valence-corrected chi connectivity index (χ2v) is 3.45. The molecule has 0 aliphatic carbocycles. The van der Waals surface area contributed by atoms with Crippen LogP contribution in [0.4, 0.5) is 0 Å². The molecule has 0 aliphatic heterocycles. The molecule has 4 heteroatoms. The fourth-order valence-corrected chi connectivity index (χ4v) is 0.767. The van der Waals surface area contributed by atoms with E-state index in [0.29, 0.717) is 6.61 Å². The van der Waals surface area contributed by atoms with Gasteiger partial charge >= 0.3 is 5.97 Å². The summed E-state index contributed by atoms with van der Waals surface area (Å²) in [4.78, 5) is 10.1. The van der Waals surface area contributed by atoms with Gasteiger partial charge in [-0.05, 0) is 6.42 Å². The maximum absolute atomic E-state index is 10.7. The molecule has 0 bridgehead atoms. The van der Waals surface area contributed by atoms with Gasteiger partial charge in [0.05, 0.1) is 13.0 Å². The summed E-state index contributed by atoms with van der Waals surface area (Å²) in [5.74, 6) is -0.326. The molecule has 66 valence electrons. The third-order valence-electron chi connectivity index (χ3n) is 1.08. The SMILES string of the molecule is CCCCOC(=O)CC(Cl)Cl. The van der Waals surface area contributed by atoms with Crippen LogP contribution < -0.4 is 0 Å². The summed E-state index contributed by atoms with van der Waals surface area (Å²) in [6.07, 6.45) is 1.98. The molecule has 0 aromatic carbocycles. The molecular formula is C7H12Cl2O2. The Kier molecular flexibility index (Phi) is 6.77. The van der Waals surface area contributed by atoms with Crippen molar-refractivity contribution >= 4 is 29.2 Å². The standard InChI is InChI=1S/C7H12Cl2O2/c1-2-3-4-11-7(10)5-6(8)9/h6H,2-5H2,1H3. The minimum Gasteiger partial charge on any atom is -0.466 e. The molecule has 0 unspecified atom stereocenters. The highest BCUT2D eigenvalue weighted by atomic mass is 35.5. The molecule has 0 amide bonds. The highest BCUT2D eigenvalue weighted by Crippen LogP contribution is 2.07. The summed E-state index contributed by atoms with van der Waals surface area (Å²) in [6.45, 7) is 2.50. The molecule has 0 saturated heterocycles. The Hall–Kier alpha value is 0.0500. The van der Waals surface area contributed by atoms with Gasteiger partial charge in [-0.3, -0.25) is 4.79 Å². The lowest BCUT2D eigenvalue weighted by molar-refractivity contribution is -0.143. The van der Waals surface area contributed by atoms with E-state index in [1.54, 1.807) is 0 Å². The topological polar surface area (TPSA) is 26.3 Å². The van der Waals surface area contributed by atoms with Crippen molar-refractivity contribution in [3.05, 3.63) is 0 Å². The fraction of sp³-hybridized carbons (Fsp3) is 0.857. The Morgan fingerprint density at radius 3 is 2.64 bits per heavy atom. The number of carbonyl (C=O) groups excluding carboxylic acids is 1. The Morgan fingerprint density at radius 1 is 1.55 bits per heavy atom. The minimum absolute atomic E-state index is 0.0762. The zero-order valence-corrected chi connectivity index (χ0v) is 7.99. The molecule has 0 radical (unpaired) electrons. The van der Waals surface area contributed by atoms with Crippen LogP contribution in [-0.2, 0) is 9.53 Å². The molecule has 0 atom stereocenters. The lowest BCUT2D eigenvalue weighted by Crippen LogP contribution is -2.08. The van der Waals surface area contributed by atoms with E-state index in [0.717, 1.165) is 12.8 Å². The van der Waals surface area contributed by atoms with Gasteiger partial charge in [0, 0.05) is 0 Å².